The van der Waals surface area contributed by atoms with E-state index >= 15 is 0 Å². The maximum Gasteiger partial charge on any atom is -0.00159 e. The van der Waals surface area contributed by atoms with Crippen molar-refractivity contribution in [3.05, 3.63) is 35.4 Å². The van der Waals surface area contributed by atoms with Crippen molar-refractivity contribution in [3.63, 3.8) is 0 Å². The Kier molecular flexibility index (Phi) is 5.08. The van der Waals surface area contributed by atoms with E-state index in [0.29, 0.717) is 0 Å². The van der Waals surface area contributed by atoms with E-state index in [9.17, 15) is 0 Å². The summed E-state index contributed by atoms with van der Waals surface area (Å²) in [5, 5.41) is 0. The molecule has 18 heavy (non-hydrogen) atoms. The molecular weight excluding hydrogens is 242 g/mol. The van der Waals surface area contributed by atoms with Gasteiger partial charge in [-0.2, -0.15) is 0 Å². The number of hydrogen-bond donors (Lipinski definition) is 0. The van der Waals surface area contributed by atoms with Crippen molar-refractivity contribution >= 4 is 12.4 Å². The molecule has 1 saturated heterocycles. The molecule has 2 heteroatoms. The zero-order valence-corrected chi connectivity index (χ0v) is 11.9. The number of hydrogen-bond acceptors (Lipinski definition) is 1. The zero-order chi connectivity index (χ0) is 11.5. The Labute approximate surface area is 117 Å². The van der Waals surface area contributed by atoms with E-state index in [2.05, 4.69) is 29.2 Å². The molecule has 0 saturated carbocycles. The molecule has 3 rings (SSSR count). The second kappa shape index (κ2) is 6.58. The van der Waals surface area contributed by atoms with Gasteiger partial charge in [-0.25, -0.2) is 0 Å². The van der Waals surface area contributed by atoms with Gasteiger partial charge in [0.15, 0.2) is 0 Å². The third-order valence-corrected chi connectivity index (χ3v) is 4.44. The number of nitrogens with zero attached hydrogens (tertiary/aromatic N) is 1. The second-order valence-electron chi connectivity index (χ2n) is 5.73. The molecule has 0 aromatic heterocycles. The summed E-state index contributed by atoms with van der Waals surface area (Å²) in [5.74, 6) is 0.911. The Morgan fingerprint density at radius 3 is 2.17 bits per heavy atom. The van der Waals surface area contributed by atoms with Crippen LogP contribution in [0.5, 0.6) is 0 Å². The Bertz CT molecular complexity index is 346. The number of piperidine rings is 1. The minimum atomic E-state index is 0. The van der Waals surface area contributed by atoms with Gasteiger partial charge < -0.3 is 4.90 Å². The summed E-state index contributed by atoms with van der Waals surface area (Å²) < 4.78 is 0. The Balaban J connectivity index is 0.00000120. The van der Waals surface area contributed by atoms with Crippen molar-refractivity contribution in [2.45, 2.75) is 38.5 Å². The molecule has 100 valence electrons. The smallest absolute Gasteiger partial charge is 0.00159 e. The van der Waals surface area contributed by atoms with Gasteiger partial charge >= 0.3 is 0 Å². The zero-order valence-electron chi connectivity index (χ0n) is 11.1. The first kappa shape index (κ1) is 13.9. The first-order valence-corrected chi connectivity index (χ1v) is 7.21. The lowest BCUT2D eigenvalue weighted by Crippen LogP contribution is -2.31. The highest BCUT2D eigenvalue weighted by atomic mass is 35.5. The highest BCUT2D eigenvalue weighted by Crippen LogP contribution is 2.28. The predicted molar refractivity (Wildman–Crippen MR) is 79.5 cm³/mol. The predicted octanol–water partition coefficient (Wildman–Crippen LogP) is 3.70. The monoisotopic (exact) mass is 265 g/mol. The van der Waals surface area contributed by atoms with Gasteiger partial charge in [-0.15, -0.1) is 12.4 Å². The lowest BCUT2D eigenvalue weighted by molar-refractivity contribution is 0.214. The van der Waals surface area contributed by atoms with Crippen molar-refractivity contribution in [1.29, 1.82) is 0 Å². The average Bonchev–Trinajstić information content (AvgIpc) is 2.80. The highest BCUT2D eigenvalue weighted by molar-refractivity contribution is 5.85. The lowest BCUT2D eigenvalue weighted by Gasteiger charge is -2.27. The summed E-state index contributed by atoms with van der Waals surface area (Å²) in [6, 6.07) is 9.00. The van der Waals surface area contributed by atoms with Gasteiger partial charge in [0.25, 0.3) is 0 Å². The molecule has 2 aliphatic rings. The van der Waals surface area contributed by atoms with Crippen LogP contribution in [0.1, 0.15) is 36.8 Å². The van der Waals surface area contributed by atoms with Crippen LogP contribution in [0, 0.1) is 5.92 Å². The number of halogens is 1. The van der Waals surface area contributed by atoms with Gasteiger partial charge in [0.1, 0.15) is 0 Å². The van der Waals surface area contributed by atoms with E-state index in [-0.39, 0.29) is 12.4 Å². The maximum atomic E-state index is 2.67. The second-order valence-corrected chi connectivity index (χ2v) is 5.73. The van der Waals surface area contributed by atoms with E-state index < -0.39 is 0 Å². The minimum Gasteiger partial charge on any atom is -0.303 e. The van der Waals surface area contributed by atoms with Crippen molar-refractivity contribution in [1.82, 2.24) is 4.90 Å². The molecule has 0 radical (unpaired) electrons. The normalized spacial score (nSPS) is 20.4. The molecule has 1 aromatic carbocycles. The number of likely N-dealkylation sites (tertiary alicyclic amines) is 1. The molecule has 0 N–H and O–H groups in total. The van der Waals surface area contributed by atoms with E-state index in [4.69, 9.17) is 0 Å². The van der Waals surface area contributed by atoms with Crippen molar-refractivity contribution < 1.29 is 0 Å². The number of benzene rings is 1. The minimum absolute atomic E-state index is 0. The standard InChI is InChI=1S/C16H23N.ClH/c1-4-9-17(10-5-1)11-8-14-12-15-6-2-3-7-16(15)13-14;/h2-3,6-7,14H,1,4-5,8-13H2;1H. The quantitative estimate of drug-likeness (QED) is 0.806. The molecule has 1 aromatic rings. The number of rotatable bonds is 3. The fraction of sp³-hybridized carbons (Fsp3) is 0.625. The summed E-state index contributed by atoms with van der Waals surface area (Å²) in [6.07, 6.45) is 8.34. The van der Waals surface area contributed by atoms with Crippen molar-refractivity contribution in [2.75, 3.05) is 19.6 Å². The largest absolute Gasteiger partial charge is 0.303 e. The van der Waals surface area contributed by atoms with Crippen LogP contribution in [0.3, 0.4) is 0 Å². The summed E-state index contributed by atoms with van der Waals surface area (Å²) in [6.45, 7) is 4.03. The maximum absolute atomic E-state index is 2.67. The Morgan fingerprint density at radius 2 is 1.56 bits per heavy atom. The van der Waals surface area contributed by atoms with Gasteiger partial charge in [-0.1, -0.05) is 30.7 Å². The van der Waals surface area contributed by atoms with E-state index in [1.807, 2.05) is 0 Å². The van der Waals surface area contributed by atoms with Gasteiger partial charge in [0.2, 0.25) is 0 Å². The topological polar surface area (TPSA) is 3.24 Å². The molecule has 1 nitrogen and oxygen atoms in total. The fourth-order valence-corrected chi connectivity index (χ4v) is 3.40. The lowest BCUT2D eigenvalue weighted by atomic mass is 10.0. The molecule has 1 heterocycles. The first-order valence-electron chi connectivity index (χ1n) is 7.21. The first-order chi connectivity index (χ1) is 8.42. The SMILES string of the molecule is Cl.c1ccc2c(c1)CC(CCN1CCCCC1)C2. The fourth-order valence-electron chi connectivity index (χ4n) is 3.40. The van der Waals surface area contributed by atoms with Gasteiger partial charge in [-0.3, -0.25) is 0 Å². The van der Waals surface area contributed by atoms with Crippen molar-refractivity contribution in [2.24, 2.45) is 5.92 Å². The third kappa shape index (κ3) is 3.27. The molecule has 0 atom stereocenters. The molecule has 1 aliphatic heterocycles. The van der Waals surface area contributed by atoms with E-state index in [1.165, 1.54) is 58.2 Å². The van der Waals surface area contributed by atoms with Gasteiger partial charge in [-0.05, 0) is 68.8 Å². The van der Waals surface area contributed by atoms with Crippen LogP contribution >= 0.6 is 12.4 Å². The van der Waals surface area contributed by atoms with E-state index in [1.54, 1.807) is 11.1 Å². The Morgan fingerprint density at radius 1 is 0.944 bits per heavy atom. The summed E-state index contributed by atoms with van der Waals surface area (Å²) >= 11 is 0. The van der Waals surface area contributed by atoms with Gasteiger partial charge in [0.05, 0.1) is 0 Å². The molecule has 1 fully saturated rings. The molecule has 0 bridgehead atoms. The average molecular weight is 266 g/mol. The van der Waals surface area contributed by atoms with Crippen molar-refractivity contribution in [3.8, 4) is 0 Å². The summed E-state index contributed by atoms with van der Waals surface area (Å²) in [5.41, 5.74) is 3.22. The van der Waals surface area contributed by atoms with Crippen LogP contribution in [0.25, 0.3) is 0 Å². The van der Waals surface area contributed by atoms with E-state index in [0.717, 1.165) is 5.92 Å². The Hall–Kier alpha value is -0.530. The van der Waals surface area contributed by atoms with Crippen LogP contribution in [-0.4, -0.2) is 24.5 Å². The van der Waals surface area contributed by atoms with Crippen LogP contribution in [0.15, 0.2) is 24.3 Å². The van der Waals surface area contributed by atoms with Crippen LogP contribution in [0.4, 0.5) is 0 Å². The van der Waals surface area contributed by atoms with Crippen LogP contribution in [0.2, 0.25) is 0 Å². The molecule has 0 spiro atoms. The van der Waals surface area contributed by atoms with Crippen LogP contribution in [-0.2, 0) is 12.8 Å². The summed E-state index contributed by atoms with van der Waals surface area (Å²) in [7, 11) is 0. The van der Waals surface area contributed by atoms with Crippen LogP contribution < -0.4 is 0 Å². The third-order valence-electron chi connectivity index (χ3n) is 4.44. The summed E-state index contributed by atoms with van der Waals surface area (Å²) in [4.78, 5) is 2.67. The number of fused-ring (bicyclic) bond motifs is 1. The highest BCUT2D eigenvalue weighted by Gasteiger charge is 2.21. The molecule has 0 unspecified atom stereocenters. The van der Waals surface area contributed by atoms with Gasteiger partial charge in [0, 0.05) is 0 Å². The molecule has 0 amide bonds. The molecule has 1 aliphatic carbocycles. The molecular formula is C16H24ClN.